The van der Waals surface area contributed by atoms with Gasteiger partial charge in [-0.15, -0.1) is 0 Å². The van der Waals surface area contributed by atoms with E-state index >= 15 is 0 Å². The Morgan fingerprint density at radius 2 is 1.85 bits per heavy atom. The summed E-state index contributed by atoms with van der Waals surface area (Å²) in [4.78, 5) is 11.0. The van der Waals surface area contributed by atoms with E-state index in [1.165, 1.54) is 12.1 Å². The molecule has 0 bridgehead atoms. The van der Waals surface area contributed by atoms with Gasteiger partial charge in [0.05, 0.1) is 0 Å². The molecule has 3 heteroatoms. The van der Waals surface area contributed by atoms with Crippen molar-refractivity contribution in [3.63, 3.8) is 0 Å². The van der Waals surface area contributed by atoms with Crippen LogP contribution in [0.2, 0.25) is 0 Å². The van der Waals surface area contributed by atoms with E-state index in [4.69, 9.17) is 0 Å². The molecule has 0 aliphatic rings. The Labute approximate surface area is 116 Å². The lowest BCUT2D eigenvalue weighted by molar-refractivity contribution is 0.112. The van der Waals surface area contributed by atoms with Gasteiger partial charge in [-0.05, 0) is 36.2 Å². The first-order valence-electron chi connectivity index (χ1n) is 6.55. The molecule has 3 aromatic rings. The normalized spacial score (nSPS) is 10.8. The van der Waals surface area contributed by atoms with Crippen LogP contribution >= 0.6 is 0 Å². The summed E-state index contributed by atoms with van der Waals surface area (Å²) in [5.74, 6) is -0.212. The monoisotopic (exact) mass is 267 g/mol. The average Bonchev–Trinajstić information content (AvgIpc) is 2.90. The van der Waals surface area contributed by atoms with Crippen LogP contribution in [0.1, 0.15) is 15.9 Å². The summed E-state index contributed by atoms with van der Waals surface area (Å²) in [6.07, 6.45) is 3.70. The molecule has 1 aromatic heterocycles. The molecule has 0 fully saturated rings. The minimum Gasteiger partial charge on any atom is -0.347 e. The Bertz CT molecular complexity index is 743. The van der Waals surface area contributed by atoms with Crippen LogP contribution in [0.4, 0.5) is 4.39 Å². The summed E-state index contributed by atoms with van der Waals surface area (Å²) in [6, 6.07) is 14.2. The zero-order valence-corrected chi connectivity index (χ0v) is 10.9. The van der Waals surface area contributed by atoms with Gasteiger partial charge in [0.25, 0.3) is 0 Å². The summed E-state index contributed by atoms with van der Waals surface area (Å²) in [5, 5.41) is 0.974. The highest BCUT2D eigenvalue weighted by atomic mass is 19.1. The number of hydrogen-bond acceptors (Lipinski definition) is 1. The van der Waals surface area contributed by atoms with Crippen LogP contribution < -0.4 is 0 Å². The molecule has 20 heavy (non-hydrogen) atoms. The number of hydrogen-bond donors (Lipinski definition) is 0. The molecule has 0 N–H and O–H groups in total. The number of rotatable bonds is 4. The van der Waals surface area contributed by atoms with E-state index in [1.54, 1.807) is 12.1 Å². The zero-order chi connectivity index (χ0) is 13.9. The average molecular weight is 267 g/mol. The number of carbonyl (C=O) groups excluding carboxylic acids is 1. The molecule has 0 saturated carbocycles. The highest BCUT2D eigenvalue weighted by molar-refractivity contribution is 5.97. The second-order valence-electron chi connectivity index (χ2n) is 4.78. The number of aryl methyl sites for hydroxylation is 2. The van der Waals surface area contributed by atoms with E-state index < -0.39 is 0 Å². The van der Waals surface area contributed by atoms with E-state index in [9.17, 15) is 9.18 Å². The maximum atomic E-state index is 12.9. The summed E-state index contributed by atoms with van der Waals surface area (Å²) in [7, 11) is 0. The van der Waals surface area contributed by atoms with E-state index in [-0.39, 0.29) is 5.82 Å². The maximum absolute atomic E-state index is 12.9. The molecule has 2 aromatic carbocycles. The molecule has 0 saturated heterocycles. The molecule has 0 atom stereocenters. The third kappa shape index (κ3) is 2.35. The topological polar surface area (TPSA) is 22.0 Å². The lowest BCUT2D eigenvalue weighted by atomic mass is 10.1. The fraction of sp³-hybridized carbons (Fsp3) is 0.118. The number of halogens is 1. The molecule has 100 valence electrons. The second-order valence-corrected chi connectivity index (χ2v) is 4.78. The van der Waals surface area contributed by atoms with Crippen molar-refractivity contribution in [2.24, 2.45) is 0 Å². The van der Waals surface area contributed by atoms with E-state index in [2.05, 4.69) is 4.57 Å². The van der Waals surface area contributed by atoms with E-state index in [0.717, 1.165) is 35.7 Å². The largest absolute Gasteiger partial charge is 0.347 e. The van der Waals surface area contributed by atoms with Crippen molar-refractivity contribution in [3.05, 3.63) is 71.7 Å². The van der Waals surface area contributed by atoms with E-state index in [0.29, 0.717) is 5.56 Å². The molecular weight excluding hydrogens is 253 g/mol. The number of aromatic nitrogens is 1. The summed E-state index contributed by atoms with van der Waals surface area (Å²) >= 11 is 0. The molecule has 0 spiro atoms. The van der Waals surface area contributed by atoms with Crippen LogP contribution in [-0.2, 0) is 13.0 Å². The van der Waals surface area contributed by atoms with Crippen molar-refractivity contribution >= 4 is 17.2 Å². The molecular formula is C17H14FNO. The standard InChI is InChI=1S/C17H14FNO/c18-15-6-4-13(5-7-15)8-10-19-11-9-16-14(12-20)2-1-3-17(16)19/h1-7,9,11-12H,8,10H2. The molecule has 2 nitrogen and oxygen atoms in total. The van der Waals surface area contributed by atoms with Crippen molar-refractivity contribution in [2.75, 3.05) is 0 Å². The fourth-order valence-electron chi connectivity index (χ4n) is 2.45. The van der Waals surface area contributed by atoms with Gasteiger partial charge in [0.1, 0.15) is 5.82 Å². The number of aldehydes is 1. The van der Waals surface area contributed by atoms with Crippen molar-refractivity contribution < 1.29 is 9.18 Å². The minimum absolute atomic E-state index is 0.212. The van der Waals surface area contributed by atoms with Crippen LogP contribution in [0.25, 0.3) is 10.9 Å². The maximum Gasteiger partial charge on any atom is 0.150 e. The van der Waals surface area contributed by atoms with Gasteiger partial charge >= 0.3 is 0 Å². The third-order valence-corrected chi connectivity index (χ3v) is 3.53. The lowest BCUT2D eigenvalue weighted by Crippen LogP contribution is -2.00. The van der Waals surface area contributed by atoms with Gasteiger partial charge in [-0.2, -0.15) is 0 Å². The van der Waals surface area contributed by atoms with Crippen molar-refractivity contribution in [2.45, 2.75) is 13.0 Å². The Morgan fingerprint density at radius 1 is 1.05 bits per heavy atom. The molecule has 3 rings (SSSR count). The van der Waals surface area contributed by atoms with Crippen LogP contribution in [0.15, 0.2) is 54.7 Å². The van der Waals surface area contributed by atoms with Gasteiger partial charge in [0.15, 0.2) is 6.29 Å². The lowest BCUT2D eigenvalue weighted by Gasteiger charge is -2.06. The highest BCUT2D eigenvalue weighted by Crippen LogP contribution is 2.19. The number of benzene rings is 2. The number of nitrogens with zero attached hydrogens (tertiary/aromatic N) is 1. The van der Waals surface area contributed by atoms with Gasteiger partial charge in [-0.25, -0.2) is 4.39 Å². The van der Waals surface area contributed by atoms with Gasteiger partial charge < -0.3 is 4.57 Å². The second kappa shape index (κ2) is 5.29. The number of fused-ring (bicyclic) bond motifs is 1. The van der Waals surface area contributed by atoms with Crippen LogP contribution in [0, 0.1) is 5.82 Å². The highest BCUT2D eigenvalue weighted by Gasteiger charge is 2.05. The third-order valence-electron chi connectivity index (χ3n) is 3.53. The van der Waals surface area contributed by atoms with Crippen molar-refractivity contribution in [3.8, 4) is 0 Å². The first kappa shape index (κ1) is 12.6. The molecule has 0 aliphatic heterocycles. The molecule has 1 heterocycles. The van der Waals surface area contributed by atoms with E-state index in [1.807, 2.05) is 30.5 Å². The van der Waals surface area contributed by atoms with Gasteiger partial charge in [0, 0.05) is 29.2 Å². The molecule has 0 amide bonds. The Hall–Kier alpha value is -2.42. The summed E-state index contributed by atoms with van der Waals surface area (Å²) in [6.45, 7) is 0.803. The Kier molecular flexibility index (Phi) is 3.33. The van der Waals surface area contributed by atoms with Gasteiger partial charge in [0.2, 0.25) is 0 Å². The molecule has 0 radical (unpaired) electrons. The number of carbonyl (C=O) groups is 1. The predicted octanol–water partition coefficient (Wildman–Crippen LogP) is 3.84. The van der Waals surface area contributed by atoms with Crippen molar-refractivity contribution in [1.82, 2.24) is 4.57 Å². The zero-order valence-electron chi connectivity index (χ0n) is 10.9. The molecule has 0 aliphatic carbocycles. The van der Waals surface area contributed by atoms with Crippen LogP contribution in [0.3, 0.4) is 0 Å². The predicted molar refractivity (Wildman–Crippen MR) is 77.4 cm³/mol. The first-order chi connectivity index (χ1) is 9.78. The quantitative estimate of drug-likeness (QED) is 0.658. The van der Waals surface area contributed by atoms with Gasteiger partial charge in [-0.1, -0.05) is 24.3 Å². The summed E-state index contributed by atoms with van der Waals surface area (Å²) < 4.78 is 15.0. The molecule has 0 unspecified atom stereocenters. The first-order valence-corrected chi connectivity index (χ1v) is 6.55. The minimum atomic E-state index is -0.212. The van der Waals surface area contributed by atoms with Crippen LogP contribution in [0.5, 0.6) is 0 Å². The SMILES string of the molecule is O=Cc1cccc2c1ccn2CCc1ccc(F)cc1. The Morgan fingerprint density at radius 3 is 2.60 bits per heavy atom. The van der Waals surface area contributed by atoms with Crippen molar-refractivity contribution in [1.29, 1.82) is 0 Å². The van der Waals surface area contributed by atoms with Gasteiger partial charge in [-0.3, -0.25) is 4.79 Å². The summed E-state index contributed by atoms with van der Waals surface area (Å²) in [5.41, 5.74) is 2.86. The smallest absolute Gasteiger partial charge is 0.150 e. The fourth-order valence-corrected chi connectivity index (χ4v) is 2.45. The van der Waals surface area contributed by atoms with Crippen LogP contribution in [-0.4, -0.2) is 10.9 Å². The Balaban J connectivity index is 1.84.